The summed E-state index contributed by atoms with van der Waals surface area (Å²) >= 11 is 0. The summed E-state index contributed by atoms with van der Waals surface area (Å²) < 4.78 is 0. The molecule has 1 aliphatic carbocycles. The number of benzene rings is 2. The Balaban J connectivity index is 1.62. The molecule has 5 heteroatoms. The van der Waals surface area contributed by atoms with Crippen LogP contribution in [0.1, 0.15) is 36.2 Å². The Labute approximate surface area is 167 Å². The van der Waals surface area contributed by atoms with Gasteiger partial charge in [0.15, 0.2) is 0 Å². The van der Waals surface area contributed by atoms with Gasteiger partial charge in [-0.25, -0.2) is 0 Å². The van der Waals surface area contributed by atoms with Gasteiger partial charge in [-0.1, -0.05) is 19.1 Å². The van der Waals surface area contributed by atoms with E-state index in [2.05, 4.69) is 41.4 Å². The van der Waals surface area contributed by atoms with E-state index in [1.54, 1.807) is 24.3 Å². The van der Waals surface area contributed by atoms with Crippen LogP contribution in [0.25, 0.3) is 0 Å². The highest BCUT2D eigenvalue weighted by Gasteiger charge is 2.39. The molecule has 2 aromatic rings. The minimum atomic E-state index is -0.00659. The van der Waals surface area contributed by atoms with Gasteiger partial charge in [-0.3, -0.25) is 9.59 Å². The number of hydrogen-bond acceptors (Lipinski definition) is 3. The van der Waals surface area contributed by atoms with Crippen molar-refractivity contribution in [1.82, 2.24) is 4.90 Å². The van der Waals surface area contributed by atoms with Crippen LogP contribution in [-0.2, 0) is 11.3 Å². The zero-order chi connectivity index (χ0) is 20.3. The molecular weight excluding hydrogens is 350 g/mol. The lowest BCUT2D eigenvalue weighted by Crippen LogP contribution is -2.30. The van der Waals surface area contributed by atoms with Crippen molar-refractivity contribution in [2.75, 3.05) is 30.9 Å². The topological polar surface area (TPSA) is 52.6 Å². The number of hydrogen-bond donors (Lipinski definition) is 1. The minimum absolute atomic E-state index is 0.00659. The summed E-state index contributed by atoms with van der Waals surface area (Å²) in [7, 11) is 4.02. The molecule has 1 saturated carbocycles. The van der Waals surface area contributed by atoms with E-state index in [9.17, 15) is 9.59 Å². The lowest BCUT2D eigenvalue weighted by molar-refractivity contribution is -0.117. The van der Waals surface area contributed by atoms with E-state index in [0.717, 1.165) is 23.4 Å². The number of carbonyl (C=O) groups is 2. The third-order valence-electron chi connectivity index (χ3n) is 5.34. The molecule has 5 nitrogen and oxygen atoms in total. The van der Waals surface area contributed by atoms with Crippen molar-refractivity contribution in [3.8, 4) is 0 Å². The fourth-order valence-corrected chi connectivity index (χ4v) is 3.25. The molecule has 2 amide bonds. The molecule has 0 heterocycles. The van der Waals surface area contributed by atoms with Gasteiger partial charge in [0.05, 0.1) is 0 Å². The standard InChI is InChI=1S/C23H29N3O2/c1-5-26(15-17-6-12-20(13-7-17)25(3)4)23(28)18-8-10-19(11-9-18)24-22(27)21-14-16(21)2/h6-13,16,21H,5,14-15H2,1-4H3,(H,24,27). The molecule has 2 unspecified atom stereocenters. The Hall–Kier alpha value is -2.82. The quantitative estimate of drug-likeness (QED) is 0.791. The van der Waals surface area contributed by atoms with Crippen LogP contribution in [0.2, 0.25) is 0 Å². The van der Waals surface area contributed by atoms with E-state index >= 15 is 0 Å². The van der Waals surface area contributed by atoms with E-state index < -0.39 is 0 Å². The summed E-state index contributed by atoms with van der Waals surface area (Å²) in [5.74, 6) is 0.678. The first-order valence-electron chi connectivity index (χ1n) is 9.85. The van der Waals surface area contributed by atoms with Gasteiger partial charge < -0.3 is 15.1 Å². The normalized spacial score (nSPS) is 17.7. The summed E-state index contributed by atoms with van der Waals surface area (Å²) in [4.78, 5) is 28.8. The highest BCUT2D eigenvalue weighted by molar-refractivity contribution is 5.97. The molecule has 0 radical (unpaired) electrons. The van der Waals surface area contributed by atoms with Crippen LogP contribution < -0.4 is 10.2 Å². The molecule has 2 aromatic carbocycles. The third-order valence-corrected chi connectivity index (χ3v) is 5.34. The second-order valence-electron chi connectivity index (χ2n) is 7.77. The summed E-state index contributed by atoms with van der Waals surface area (Å²) in [6.07, 6.45) is 0.962. The van der Waals surface area contributed by atoms with Crippen LogP contribution in [0, 0.1) is 11.8 Å². The molecule has 0 aliphatic heterocycles. The number of nitrogens with one attached hydrogen (secondary N) is 1. The first-order valence-corrected chi connectivity index (χ1v) is 9.85. The van der Waals surface area contributed by atoms with Crippen LogP contribution in [0.3, 0.4) is 0 Å². The summed E-state index contributed by atoms with van der Waals surface area (Å²) in [6.45, 7) is 5.27. The van der Waals surface area contributed by atoms with Crippen LogP contribution >= 0.6 is 0 Å². The maximum absolute atomic E-state index is 12.9. The van der Waals surface area contributed by atoms with Gasteiger partial charge in [0.2, 0.25) is 5.91 Å². The number of anilines is 2. The predicted molar refractivity (Wildman–Crippen MR) is 114 cm³/mol. The Morgan fingerprint density at radius 1 is 1.04 bits per heavy atom. The Morgan fingerprint density at radius 3 is 2.14 bits per heavy atom. The van der Waals surface area contributed by atoms with Gasteiger partial charge in [-0.05, 0) is 61.2 Å². The molecule has 28 heavy (non-hydrogen) atoms. The number of amides is 2. The Bertz CT molecular complexity index is 828. The van der Waals surface area contributed by atoms with E-state index in [1.165, 1.54) is 0 Å². The Kier molecular flexibility index (Phi) is 6.02. The van der Waals surface area contributed by atoms with E-state index in [-0.39, 0.29) is 17.7 Å². The molecule has 0 spiro atoms. The molecule has 0 bridgehead atoms. The highest BCUT2D eigenvalue weighted by atomic mass is 16.2. The largest absolute Gasteiger partial charge is 0.378 e. The first kappa shape index (κ1) is 19.9. The number of carbonyl (C=O) groups excluding carboxylic acids is 2. The van der Waals surface area contributed by atoms with Crippen molar-refractivity contribution in [3.63, 3.8) is 0 Å². The van der Waals surface area contributed by atoms with Gasteiger partial charge in [0.1, 0.15) is 0 Å². The van der Waals surface area contributed by atoms with E-state index in [1.807, 2.05) is 25.9 Å². The van der Waals surface area contributed by atoms with Gasteiger partial charge in [-0.15, -0.1) is 0 Å². The molecule has 0 aromatic heterocycles. The van der Waals surface area contributed by atoms with Crippen molar-refractivity contribution in [3.05, 3.63) is 59.7 Å². The van der Waals surface area contributed by atoms with Crippen LogP contribution in [0.5, 0.6) is 0 Å². The maximum atomic E-state index is 12.9. The average Bonchev–Trinajstić information content (AvgIpc) is 3.43. The average molecular weight is 380 g/mol. The van der Waals surface area contributed by atoms with Gasteiger partial charge in [0.25, 0.3) is 5.91 Å². The van der Waals surface area contributed by atoms with Crippen LogP contribution in [0.4, 0.5) is 11.4 Å². The summed E-state index contributed by atoms with van der Waals surface area (Å²) in [5.41, 5.74) is 3.60. The van der Waals surface area contributed by atoms with Crippen molar-refractivity contribution in [2.24, 2.45) is 11.8 Å². The SMILES string of the molecule is CCN(Cc1ccc(N(C)C)cc1)C(=O)c1ccc(NC(=O)C2CC2C)cc1. The van der Waals surface area contributed by atoms with Crippen molar-refractivity contribution in [1.29, 1.82) is 0 Å². The zero-order valence-corrected chi connectivity index (χ0v) is 17.1. The minimum Gasteiger partial charge on any atom is -0.378 e. The van der Waals surface area contributed by atoms with Crippen LogP contribution in [-0.4, -0.2) is 37.4 Å². The molecular formula is C23H29N3O2. The zero-order valence-electron chi connectivity index (χ0n) is 17.1. The first-order chi connectivity index (χ1) is 13.4. The molecule has 1 N–H and O–H groups in total. The fourth-order valence-electron chi connectivity index (χ4n) is 3.25. The number of nitrogens with zero attached hydrogens (tertiary/aromatic N) is 2. The van der Waals surface area contributed by atoms with Crippen molar-refractivity contribution < 1.29 is 9.59 Å². The van der Waals surface area contributed by atoms with Gasteiger partial charge in [0, 0.05) is 50.0 Å². The van der Waals surface area contributed by atoms with E-state index in [4.69, 9.17) is 0 Å². The monoisotopic (exact) mass is 379 g/mol. The lowest BCUT2D eigenvalue weighted by Gasteiger charge is -2.22. The summed E-state index contributed by atoms with van der Waals surface area (Å²) in [5, 5.41) is 2.93. The molecule has 148 valence electrons. The Morgan fingerprint density at radius 2 is 1.64 bits per heavy atom. The second-order valence-corrected chi connectivity index (χ2v) is 7.77. The van der Waals surface area contributed by atoms with Crippen LogP contribution in [0.15, 0.2) is 48.5 Å². The lowest BCUT2D eigenvalue weighted by atomic mass is 10.1. The molecule has 1 aliphatic rings. The molecule has 0 saturated heterocycles. The molecule has 3 rings (SSSR count). The van der Waals surface area contributed by atoms with Gasteiger partial charge >= 0.3 is 0 Å². The predicted octanol–water partition coefficient (Wildman–Crippen LogP) is 4.01. The highest BCUT2D eigenvalue weighted by Crippen LogP contribution is 2.38. The van der Waals surface area contributed by atoms with Crippen molar-refractivity contribution in [2.45, 2.75) is 26.8 Å². The third kappa shape index (κ3) is 4.71. The smallest absolute Gasteiger partial charge is 0.254 e. The molecule has 2 atom stereocenters. The number of rotatable bonds is 7. The fraction of sp³-hybridized carbons (Fsp3) is 0.391. The van der Waals surface area contributed by atoms with Gasteiger partial charge in [-0.2, -0.15) is 0 Å². The van der Waals surface area contributed by atoms with Crippen molar-refractivity contribution >= 4 is 23.2 Å². The van der Waals surface area contributed by atoms with E-state index in [0.29, 0.717) is 24.6 Å². The second kappa shape index (κ2) is 8.46. The summed E-state index contributed by atoms with van der Waals surface area (Å²) in [6, 6.07) is 15.4. The maximum Gasteiger partial charge on any atom is 0.254 e. The molecule has 1 fully saturated rings.